The standard InChI is InChI=1S/C19H18ClN3O3S2/c1-13-7-8-14(11-17(13)22-28(2,25)26)18(24)21-19-23(9-10-27-19)12-15-5-3-4-6-16(15)20/h3-11,22H,12H2,1-2H3. The second kappa shape index (κ2) is 8.30. The van der Waals surface area contributed by atoms with Crippen LogP contribution in [0, 0.1) is 6.92 Å². The van der Waals surface area contributed by atoms with Gasteiger partial charge in [-0.05, 0) is 36.2 Å². The van der Waals surface area contributed by atoms with Gasteiger partial charge >= 0.3 is 0 Å². The first-order valence-corrected chi connectivity index (χ1v) is 11.4. The molecule has 0 saturated carbocycles. The van der Waals surface area contributed by atoms with Crippen LogP contribution in [0.2, 0.25) is 5.02 Å². The molecule has 0 radical (unpaired) electrons. The van der Waals surface area contributed by atoms with Crippen LogP contribution in [0.25, 0.3) is 0 Å². The van der Waals surface area contributed by atoms with Crippen LogP contribution in [0.3, 0.4) is 0 Å². The van der Waals surface area contributed by atoms with Gasteiger partial charge in [-0.2, -0.15) is 4.99 Å². The predicted octanol–water partition coefficient (Wildman–Crippen LogP) is 3.67. The number of anilines is 1. The summed E-state index contributed by atoms with van der Waals surface area (Å²) in [6.07, 6.45) is 2.90. The van der Waals surface area contributed by atoms with Crippen molar-refractivity contribution in [3.63, 3.8) is 0 Å². The molecule has 9 heteroatoms. The highest BCUT2D eigenvalue weighted by Gasteiger charge is 2.11. The molecule has 0 aliphatic heterocycles. The van der Waals surface area contributed by atoms with Crippen LogP contribution >= 0.6 is 22.9 Å². The van der Waals surface area contributed by atoms with Crippen molar-refractivity contribution in [2.75, 3.05) is 11.0 Å². The van der Waals surface area contributed by atoms with E-state index in [1.165, 1.54) is 17.4 Å². The monoisotopic (exact) mass is 435 g/mol. The van der Waals surface area contributed by atoms with Gasteiger partial charge in [0.25, 0.3) is 5.91 Å². The summed E-state index contributed by atoms with van der Waals surface area (Å²) in [7, 11) is -3.44. The number of carbonyl (C=O) groups is 1. The molecule has 28 heavy (non-hydrogen) atoms. The lowest BCUT2D eigenvalue weighted by Crippen LogP contribution is -2.17. The summed E-state index contributed by atoms with van der Waals surface area (Å²) in [5.74, 6) is -0.452. The van der Waals surface area contributed by atoms with Crippen LogP contribution in [0.15, 0.2) is 59.0 Å². The first-order chi connectivity index (χ1) is 13.2. The molecule has 2 aromatic carbocycles. The highest BCUT2D eigenvalue weighted by Crippen LogP contribution is 2.19. The largest absolute Gasteiger partial charge is 0.319 e. The maximum absolute atomic E-state index is 12.6. The summed E-state index contributed by atoms with van der Waals surface area (Å²) < 4.78 is 27.3. The number of nitrogens with zero attached hydrogens (tertiary/aromatic N) is 2. The van der Waals surface area contributed by atoms with Crippen LogP contribution in [0.1, 0.15) is 21.5 Å². The van der Waals surface area contributed by atoms with Crippen molar-refractivity contribution in [1.29, 1.82) is 0 Å². The molecule has 1 N–H and O–H groups in total. The Morgan fingerprint density at radius 2 is 2.00 bits per heavy atom. The van der Waals surface area contributed by atoms with Gasteiger partial charge in [-0.25, -0.2) is 8.42 Å². The van der Waals surface area contributed by atoms with E-state index in [9.17, 15) is 13.2 Å². The van der Waals surface area contributed by atoms with Gasteiger partial charge in [-0.1, -0.05) is 35.9 Å². The molecule has 3 rings (SSSR count). The first kappa shape index (κ1) is 20.3. The zero-order chi connectivity index (χ0) is 20.3. The molecule has 0 fully saturated rings. The molecule has 0 saturated heterocycles. The zero-order valence-electron chi connectivity index (χ0n) is 15.2. The molecule has 0 aliphatic carbocycles. The second-order valence-electron chi connectivity index (χ2n) is 6.23. The van der Waals surface area contributed by atoms with Crippen LogP contribution in [-0.4, -0.2) is 25.1 Å². The number of hydrogen-bond donors (Lipinski definition) is 1. The smallest absolute Gasteiger partial charge is 0.279 e. The summed E-state index contributed by atoms with van der Waals surface area (Å²) in [6, 6.07) is 12.3. The van der Waals surface area contributed by atoms with E-state index >= 15 is 0 Å². The quantitative estimate of drug-likeness (QED) is 0.663. The summed E-state index contributed by atoms with van der Waals surface area (Å²) in [4.78, 5) is 17.4. The van der Waals surface area contributed by atoms with Crippen molar-refractivity contribution in [1.82, 2.24) is 4.57 Å². The third-order valence-electron chi connectivity index (χ3n) is 3.94. The molecule has 0 aliphatic rings. The van der Waals surface area contributed by atoms with E-state index in [1.807, 2.05) is 40.4 Å². The van der Waals surface area contributed by atoms with Gasteiger partial charge in [0.15, 0.2) is 4.80 Å². The van der Waals surface area contributed by atoms with Gasteiger partial charge < -0.3 is 4.57 Å². The molecule has 0 atom stereocenters. The maximum atomic E-state index is 12.6. The van der Waals surface area contributed by atoms with Crippen LogP contribution in [-0.2, 0) is 16.6 Å². The Kier molecular flexibility index (Phi) is 6.02. The van der Waals surface area contributed by atoms with Gasteiger partial charge in [0, 0.05) is 22.2 Å². The predicted molar refractivity (Wildman–Crippen MR) is 112 cm³/mol. The summed E-state index contributed by atoms with van der Waals surface area (Å²) in [5, 5.41) is 2.49. The normalized spacial score (nSPS) is 12.2. The molecular formula is C19H18ClN3O3S2. The van der Waals surface area contributed by atoms with E-state index in [0.29, 0.717) is 33.2 Å². The average molecular weight is 436 g/mol. The number of halogens is 1. The summed E-state index contributed by atoms with van der Waals surface area (Å²) in [6.45, 7) is 2.25. The van der Waals surface area contributed by atoms with Gasteiger partial charge in [0.2, 0.25) is 10.0 Å². The molecule has 6 nitrogen and oxygen atoms in total. The molecule has 1 aromatic heterocycles. The Morgan fingerprint density at radius 3 is 2.71 bits per heavy atom. The number of hydrogen-bond acceptors (Lipinski definition) is 4. The molecular weight excluding hydrogens is 418 g/mol. The molecule has 0 unspecified atom stereocenters. The molecule has 0 bridgehead atoms. The lowest BCUT2D eigenvalue weighted by Gasteiger charge is -2.08. The van der Waals surface area contributed by atoms with Crippen molar-refractivity contribution in [3.8, 4) is 0 Å². The number of amides is 1. The highest BCUT2D eigenvalue weighted by atomic mass is 35.5. The fraction of sp³-hybridized carbons (Fsp3) is 0.158. The van der Waals surface area contributed by atoms with Crippen LogP contribution in [0.4, 0.5) is 5.69 Å². The first-order valence-electron chi connectivity index (χ1n) is 8.28. The Bertz CT molecular complexity index is 1200. The fourth-order valence-electron chi connectivity index (χ4n) is 2.53. The van der Waals surface area contributed by atoms with Crippen molar-refractivity contribution >= 4 is 44.6 Å². The highest BCUT2D eigenvalue weighted by molar-refractivity contribution is 7.92. The van der Waals surface area contributed by atoms with E-state index in [1.54, 1.807) is 19.1 Å². The summed E-state index contributed by atoms with van der Waals surface area (Å²) >= 11 is 7.55. The van der Waals surface area contributed by atoms with Gasteiger partial charge in [0.1, 0.15) is 0 Å². The SMILES string of the molecule is Cc1ccc(C(=O)N=c2sccn2Cc2ccccc2Cl)cc1NS(C)(=O)=O. The Morgan fingerprint density at radius 1 is 1.25 bits per heavy atom. The minimum atomic E-state index is -3.44. The number of rotatable bonds is 5. The van der Waals surface area contributed by atoms with Gasteiger partial charge in [-0.15, -0.1) is 11.3 Å². The van der Waals surface area contributed by atoms with Crippen molar-refractivity contribution in [2.24, 2.45) is 4.99 Å². The second-order valence-corrected chi connectivity index (χ2v) is 9.25. The van der Waals surface area contributed by atoms with Crippen LogP contribution in [0.5, 0.6) is 0 Å². The average Bonchev–Trinajstić information content (AvgIpc) is 3.04. The number of aromatic nitrogens is 1. The van der Waals surface area contributed by atoms with E-state index in [0.717, 1.165) is 11.8 Å². The lowest BCUT2D eigenvalue weighted by molar-refractivity contribution is 0.0998. The maximum Gasteiger partial charge on any atom is 0.279 e. The number of thiazole rings is 1. The van der Waals surface area contributed by atoms with E-state index in [-0.39, 0.29) is 0 Å². The van der Waals surface area contributed by atoms with E-state index in [2.05, 4.69) is 9.71 Å². The summed E-state index contributed by atoms with van der Waals surface area (Å²) in [5.41, 5.74) is 2.30. The zero-order valence-corrected chi connectivity index (χ0v) is 17.6. The van der Waals surface area contributed by atoms with Gasteiger partial charge in [0.05, 0.1) is 18.5 Å². The molecule has 146 valence electrons. The Balaban J connectivity index is 1.91. The number of carbonyl (C=O) groups excluding carboxylic acids is 1. The van der Waals surface area contributed by atoms with E-state index in [4.69, 9.17) is 11.6 Å². The number of sulfonamides is 1. The van der Waals surface area contributed by atoms with Crippen molar-refractivity contribution < 1.29 is 13.2 Å². The molecule has 1 amide bonds. The third kappa shape index (κ3) is 5.09. The third-order valence-corrected chi connectivity index (χ3v) is 5.69. The lowest BCUT2D eigenvalue weighted by atomic mass is 10.1. The molecule has 0 spiro atoms. The number of benzene rings is 2. The topological polar surface area (TPSA) is 80.5 Å². The van der Waals surface area contributed by atoms with Crippen molar-refractivity contribution in [3.05, 3.63) is 80.6 Å². The van der Waals surface area contributed by atoms with Crippen LogP contribution < -0.4 is 9.52 Å². The Hall–Kier alpha value is -2.42. The van der Waals surface area contributed by atoms with Crippen molar-refractivity contribution in [2.45, 2.75) is 13.5 Å². The molecule has 3 aromatic rings. The minimum Gasteiger partial charge on any atom is -0.319 e. The van der Waals surface area contributed by atoms with E-state index < -0.39 is 15.9 Å². The number of aryl methyl sites for hydroxylation is 1. The minimum absolute atomic E-state index is 0.300. The fourth-order valence-corrected chi connectivity index (χ4v) is 4.07. The number of nitrogens with one attached hydrogen (secondary N) is 1. The molecule has 1 heterocycles. The van der Waals surface area contributed by atoms with Gasteiger partial charge in [-0.3, -0.25) is 9.52 Å². The Labute approximate surface area is 172 Å².